The zero-order valence-electron chi connectivity index (χ0n) is 11.6. The van der Waals surface area contributed by atoms with Crippen LogP contribution in [-0.2, 0) is 6.54 Å². The highest BCUT2D eigenvalue weighted by atomic mass is 16.5. The average Bonchev–Trinajstić information content (AvgIpc) is 2.63. The van der Waals surface area contributed by atoms with Crippen molar-refractivity contribution in [1.82, 2.24) is 15.5 Å². The first-order valence-corrected chi connectivity index (χ1v) is 7.29. The van der Waals surface area contributed by atoms with Crippen LogP contribution in [0.1, 0.15) is 70.0 Å². The van der Waals surface area contributed by atoms with Crippen molar-refractivity contribution in [2.45, 2.75) is 64.8 Å². The summed E-state index contributed by atoms with van der Waals surface area (Å²) in [4.78, 5) is 4.53. The molecule has 1 aromatic heterocycles. The Bertz CT molecular complexity index is 341. The molecule has 0 radical (unpaired) electrons. The molecule has 0 saturated heterocycles. The summed E-state index contributed by atoms with van der Waals surface area (Å²) in [5.41, 5.74) is 0. The van der Waals surface area contributed by atoms with E-state index < -0.39 is 0 Å². The maximum atomic E-state index is 5.32. The molecule has 1 N–H and O–H groups in total. The van der Waals surface area contributed by atoms with Gasteiger partial charge in [-0.25, -0.2) is 0 Å². The summed E-state index contributed by atoms with van der Waals surface area (Å²) in [5, 5.41) is 7.49. The molecule has 1 aromatic rings. The Balaban J connectivity index is 1.84. The van der Waals surface area contributed by atoms with Gasteiger partial charge in [0.2, 0.25) is 5.89 Å². The molecular formula is C14H25N3O. The Morgan fingerprint density at radius 2 is 1.94 bits per heavy atom. The molecule has 18 heavy (non-hydrogen) atoms. The minimum absolute atomic E-state index is 0.523. The summed E-state index contributed by atoms with van der Waals surface area (Å²) < 4.78 is 5.32. The molecule has 4 nitrogen and oxygen atoms in total. The van der Waals surface area contributed by atoms with Crippen LogP contribution in [0.15, 0.2) is 4.52 Å². The van der Waals surface area contributed by atoms with E-state index in [-0.39, 0.29) is 0 Å². The lowest BCUT2D eigenvalue weighted by molar-refractivity contribution is 0.354. The SMILES string of the molecule is CC(C)CNCc1nc(C2CCCCCC2)no1. The molecule has 0 aromatic carbocycles. The summed E-state index contributed by atoms with van der Waals surface area (Å²) >= 11 is 0. The molecule has 0 bridgehead atoms. The minimum Gasteiger partial charge on any atom is -0.338 e. The second-order valence-corrected chi connectivity index (χ2v) is 5.76. The first kappa shape index (κ1) is 13.5. The predicted octanol–water partition coefficient (Wildman–Crippen LogP) is 3.25. The van der Waals surface area contributed by atoms with E-state index in [1.807, 2.05) is 0 Å². The van der Waals surface area contributed by atoms with Gasteiger partial charge in [-0.3, -0.25) is 0 Å². The van der Waals surface area contributed by atoms with E-state index in [4.69, 9.17) is 4.52 Å². The molecule has 4 heteroatoms. The fourth-order valence-corrected chi connectivity index (χ4v) is 2.51. The third kappa shape index (κ3) is 4.09. The first-order chi connectivity index (χ1) is 8.75. The Hall–Kier alpha value is -0.900. The number of nitrogens with zero attached hydrogens (tertiary/aromatic N) is 2. The molecule has 1 saturated carbocycles. The Kier molecular flexibility index (Phi) is 5.17. The van der Waals surface area contributed by atoms with Crippen molar-refractivity contribution in [2.75, 3.05) is 6.54 Å². The van der Waals surface area contributed by atoms with Crippen molar-refractivity contribution >= 4 is 0 Å². The van der Waals surface area contributed by atoms with Gasteiger partial charge in [0, 0.05) is 5.92 Å². The maximum Gasteiger partial charge on any atom is 0.240 e. The lowest BCUT2D eigenvalue weighted by Gasteiger charge is -2.07. The monoisotopic (exact) mass is 251 g/mol. The van der Waals surface area contributed by atoms with E-state index in [9.17, 15) is 0 Å². The van der Waals surface area contributed by atoms with Crippen LogP contribution in [0.5, 0.6) is 0 Å². The van der Waals surface area contributed by atoms with Crippen LogP contribution in [0.2, 0.25) is 0 Å². The Labute approximate surface area is 110 Å². The number of rotatable bonds is 5. The highest BCUT2D eigenvalue weighted by Gasteiger charge is 2.19. The second-order valence-electron chi connectivity index (χ2n) is 5.76. The lowest BCUT2D eigenvalue weighted by atomic mass is 10.00. The highest BCUT2D eigenvalue weighted by molar-refractivity contribution is 4.96. The van der Waals surface area contributed by atoms with Gasteiger partial charge in [0.15, 0.2) is 5.82 Å². The van der Waals surface area contributed by atoms with Crippen LogP contribution in [-0.4, -0.2) is 16.7 Å². The van der Waals surface area contributed by atoms with E-state index in [2.05, 4.69) is 29.3 Å². The predicted molar refractivity (Wildman–Crippen MR) is 71.3 cm³/mol. The Morgan fingerprint density at radius 1 is 1.22 bits per heavy atom. The summed E-state index contributed by atoms with van der Waals surface area (Å²) in [6.45, 7) is 6.06. The average molecular weight is 251 g/mol. The third-order valence-corrected chi connectivity index (χ3v) is 3.53. The Morgan fingerprint density at radius 3 is 2.61 bits per heavy atom. The fraction of sp³-hybridized carbons (Fsp3) is 0.857. The van der Waals surface area contributed by atoms with Gasteiger partial charge in [0.25, 0.3) is 0 Å². The molecule has 1 aliphatic rings. The minimum atomic E-state index is 0.523. The van der Waals surface area contributed by atoms with Crippen molar-refractivity contribution in [2.24, 2.45) is 5.92 Å². The number of nitrogens with one attached hydrogen (secondary N) is 1. The van der Waals surface area contributed by atoms with Gasteiger partial charge in [-0.15, -0.1) is 0 Å². The molecule has 1 aliphatic carbocycles. The topological polar surface area (TPSA) is 51.0 Å². The van der Waals surface area contributed by atoms with E-state index in [0.717, 1.165) is 18.3 Å². The van der Waals surface area contributed by atoms with Crippen LogP contribution >= 0.6 is 0 Å². The van der Waals surface area contributed by atoms with Crippen LogP contribution in [0.3, 0.4) is 0 Å². The molecule has 102 valence electrons. The van der Waals surface area contributed by atoms with Gasteiger partial charge in [0.05, 0.1) is 6.54 Å². The number of hydrogen-bond donors (Lipinski definition) is 1. The maximum absolute atomic E-state index is 5.32. The molecule has 1 heterocycles. The fourth-order valence-electron chi connectivity index (χ4n) is 2.51. The van der Waals surface area contributed by atoms with Gasteiger partial charge in [-0.05, 0) is 25.3 Å². The normalized spacial score (nSPS) is 18.2. The smallest absolute Gasteiger partial charge is 0.240 e. The van der Waals surface area contributed by atoms with Crippen molar-refractivity contribution in [3.05, 3.63) is 11.7 Å². The lowest BCUT2D eigenvalue weighted by Crippen LogP contribution is -2.19. The summed E-state index contributed by atoms with van der Waals surface area (Å²) in [5.74, 6) is 2.83. The van der Waals surface area contributed by atoms with Crippen LogP contribution in [0.25, 0.3) is 0 Å². The standard InChI is InChI=1S/C14H25N3O/c1-11(2)9-15-10-13-16-14(17-18-13)12-7-5-3-4-6-8-12/h11-12,15H,3-10H2,1-2H3. The second kappa shape index (κ2) is 6.88. The van der Waals surface area contributed by atoms with Gasteiger partial charge >= 0.3 is 0 Å². The van der Waals surface area contributed by atoms with Gasteiger partial charge in [-0.1, -0.05) is 44.7 Å². The molecule has 0 spiro atoms. The van der Waals surface area contributed by atoms with Crippen LogP contribution in [0.4, 0.5) is 0 Å². The molecule has 0 amide bonds. The van der Waals surface area contributed by atoms with Crippen LogP contribution in [0, 0.1) is 5.92 Å². The number of aromatic nitrogens is 2. The molecular weight excluding hydrogens is 226 g/mol. The van der Waals surface area contributed by atoms with E-state index in [1.165, 1.54) is 38.5 Å². The van der Waals surface area contributed by atoms with Crippen molar-refractivity contribution < 1.29 is 4.52 Å². The zero-order valence-corrected chi connectivity index (χ0v) is 11.6. The van der Waals surface area contributed by atoms with Gasteiger partial charge in [-0.2, -0.15) is 4.98 Å². The van der Waals surface area contributed by atoms with Crippen molar-refractivity contribution in [3.63, 3.8) is 0 Å². The van der Waals surface area contributed by atoms with E-state index >= 15 is 0 Å². The quantitative estimate of drug-likeness (QED) is 0.816. The molecule has 0 aliphatic heterocycles. The van der Waals surface area contributed by atoms with Gasteiger partial charge < -0.3 is 9.84 Å². The molecule has 1 fully saturated rings. The summed E-state index contributed by atoms with van der Waals surface area (Å²) in [7, 11) is 0. The molecule has 2 rings (SSSR count). The summed E-state index contributed by atoms with van der Waals surface area (Å²) in [6.07, 6.45) is 7.77. The summed E-state index contributed by atoms with van der Waals surface area (Å²) in [6, 6.07) is 0. The first-order valence-electron chi connectivity index (χ1n) is 7.29. The third-order valence-electron chi connectivity index (χ3n) is 3.53. The van der Waals surface area contributed by atoms with Crippen molar-refractivity contribution in [1.29, 1.82) is 0 Å². The van der Waals surface area contributed by atoms with E-state index in [0.29, 0.717) is 18.4 Å². The molecule has 0 unspecified atom stereocenters. The highest BCUT2D eigenvalue weighted by Crippen LogP contribution is 2.29. The largest absolute Gasteiger partial charge is 0.338 e. The van der Waals surface area contributed by atoms with Crippen LogP contribution < -0.4 is 5.32 Å². The van der Waals surface area contributed by atoms with E-state index in [1.54, 1.807) is 0 Å². The number of hydrogen-bond acceptors (Lipinski definition) is 4. The zero-order chi connectivity index (χ0) is 12.8. The van der Waals surface area contributed by atoms with Gasteiger partial charge in [0.1, 0.15) is 0 Å². The molecule has 0 atom stereocenters. The van der Waals surface area contributed by atoms with Crippen molar-refractivity contribution in [3.8, 4) is 0 Å².